The number of unbranched alkanes of at least 4 members (excludes halogenated alkanes) is 2. The predicted molar refractivity (Wildman–Crippen MR) is 100 cm³/mol. The maximum atomic E-state index is 12.8. The van der Waals surface area contributed by atoms with Gasteiger partial charge in [-0.2, -0.15) is 0 Å². The molecule has 1 aliphatic heterocycles. The zero-order chi connectivity index (χ0) is 18.1. The highest BCUT2D eigenvalue weighted by atomic mass is 19.1. The molecule has 1 aromatic rings. The SMILES string of the molecule is CN1CCC(N(C)CCCCCNC(=O)Cc2ccc(F)cc2)CC1. The summed E-state index contributed by atoms with van der Waals surface area (Å²) in [5, 5.41) is 2.95. The van der Waals surface area contributed by atoms with E-state index in [1.54, 1.807) is 12.1 Å². The lowest BCUT2D eigenvalue weighted by atomic mass is 10.0. The van der Waals surface area contributed by atoms with E-state index in [1.165, 1.54) is 44.5 Å². The summed E-state index contributed by atoms with van der Waals surface area (Å²) in [4.78, 5) is 16.8. The topological polar surface area (TPSA) is 35.6 Å². The molecule has 1 aliphatic rings. The Labute approximate surface area is 151 Å². The standard InChI is InChI=1S/C20H32FN3O/c1-23-14-10-19(11-15-23)24(2)13-5-3-4-12-22-20(25)16-17-6-8-18(21)9-7-17/h6-9,19H,3-5,10-16H2,1-2H3,(H,22,25). The van der Waals surface area contributed by atoms with Gasteiger partial charge in [0.15, 0.2) is 0 Å². The molecule has 2 rings (SSSR count). The van der Waals surface area contributed by atoms with Crippen LogP contribution in [0.5, 0.6) is 0 Å². The average Bonchev–Trinajstić information content (AvgIpc) is 2.60. The van der Waals surface area contributed by atoms with Gasteiger partial charge in [0.25, 0.3) is 0 Å². The fourth-order valence-corrected chi connectivity index (χ4v) is 3.36. The molecule has 0 bridgehead atoms. The van der Waals surface area contributed by atoms with Gasteiger partial charge >= 0.3 is 0 Å². The first-order chi connectivity index (χ1) is 12.0. The highest BCUT2D eigenvalue weighted by Crippen LogP contribution is 2.14. The summed E-state index contributed by atoms with van der Waals surface area (Å²) < 4.78 is 12.8. The van der Waals surface area contributed by atoms with Crippen molar-refractivity contribution in [3.8, 4) is 0 Å². The van der Waals surface area contributed by atoms with E-state index in [4.69, 9.17) is 0 Å². The molecule has 0 unspecified atom stereocenters. The largest absolute Gasteiger partial charge is 0.356 e. The van der Waals surface area contributed by atoms with Crippen molar-refractivity contribution in [1.29, 1.82) is 0 Å². The molecule has 0 aliphatic carbocycles. The lowest BCUT2D eigenvalue weighted by Crippen LogP contribution is -2.42. The summed E-state index contributed by atoms with van der Waals surface area (Å²) in [5.74, 6) is -0.260. The zero-order valence-corrected chi connectivity index (χ0v) is 15.6. The van der Waals surface area contributed by atoms with Gasteiger partial charge in [0, 0.05) is 12.6 Å². The molecule has 0 radical (unpaired) electrons. The van der Waals surface area contributed by atoms with Crippen molar-refractivity contribution in [2.75, 3.05) is 40.3 Å². The number of nitrogens with one attached hydrogen (secondary N) is 1. The van der Waals surface area contributed by atoms with Crippen molar-refractivity contribution in [3.05, 3.63) is 35.6 Å². The van der Waals surface area contributed by atoms with Gasteiger partial charge in [-0.25, -0.2) is 4.39 Å². The van der Waals surface area contributed by atoms with E-state index in [9.17, 15) is 9.18 Å². The van der Waals surface area contributed by atoms with Gasteiger partial charge in [-0.05, 0) is 77.1 Å². The lowest BCUT2D eigenvalue weighted by molar-refractivity contribution is -0.120. The van der Waals surface area contributed by atoms with E-state index < -0.39 is 0 Å². The number of halogens is 1. The molecule has 4 nitrogen and oxygen atoms in total. The van der Waals surface area contributed by atoms with Crippen LogP contribution in [0.25, 0.3) is 0 Å². The molecule has 1 amide bonds. The summed E-state index contributed by atoms with van der Waals surface area (Å²) in [6.45, 7) is 4.26. The quantitative estimate of drug-likeness (QED) is 0.696. The second-order valence-electron chi connectivity index (χ2n) is 7.23. The van der Waals surface area contributed by atoms with Crippen LogP contribution in [-0.2, 0) is 11.2 Å². The highest BCUT2D eigenvalue weighted by molar-refractivity contribution is 5.78. The first kappa shape index (κ1) is 19.9. The minimum Gasteiger partial charge on any atom is -0.356 e. The first-order valence-corrected chi connectivity index (χ1v) is 9.44. The maximum absolute atomic E-state index is 12.8. The molecule has 0 spiro atoms. The second-order valence-corrected chi connectivity index (χ2v) is 7.23. The molecule has 140 valence electrons. The number of hydrogen-bond acceptors (Lipinski definition) is 3. The molecule has 1 saturated heterocycles. The fourth-order valence-electron chi connectivity index (χ4n) is 3.36. The number of piperidine rings is 1. The Morgan fingerprint density at radius 1 is 1.20 bits per heavy atom. The number of carbonyl (C=O) groups excluding carboxylic acids is 1. The van der Waals surface area contributed by atoms with E-state index in [0.717, 1.165) is 37.5 Å². The van der Waals surface area contributed by atoms with Gasteiger partial charge in [-0.3, -0.25) is 4.79 Å². The second kappa shape index (κ2) is 10.5. The number of amides is 1. The van der Waals surface area contributed by atoms with Gasteiger partial charge in [0.1, 0.15) is 5.82 Å². The molecular weight excluding hydrogens is 317 g/mol. The first-order valence-electron chi connectivity index (χ1n) is 9.44. The highest BCUT2D eigenvalue weighted by Gasteiger charge is 2.19. The summed E-state index contributed by atoms with van der Waals surface area (Å²) >= 11 is 0. The summed E-state index contributed by atoms with van der Waals surface area (Å²) in [6.07, 6.45) is 6.18. The predicted octanol–water partition coefficient (Wildman–Crippen LogP) is 2.68. The van der Waals surface area contributed by atoms with Gasteiger partial charge in [0.05, 0.1) is 6.42 Å². The van der Waals surface area contributed by atoms with Crippen LogP contribution in [0.1, 0.15) is 37.7 Å². The number of carbonyl (C=O) groups is 1. The Bertz CT molecular complexity index is 512. The van der Waals surface area contributed by atoms with Crippen LogP contribution in [0.15, 0.2) is 24.3 Å². The van der Waals surface area contributed by atoms with Crippen LogP contribution in [0, 0.1) is 5.82 Å². The van der Waals surface area contributed by atoms with Crippen LogP contribution in [-0.4, -0.2) is 62.0 Å². The third kappa shape index (κ3) is 7.53. The average molecular weight is 349 g/mol. The number of rotatable bonds is 9. The normalized spacial score (nSPS) is 16.3. The van der Waals surface area contributed by atoms with E-state index in [1.807, 2.05) is 0 Å². The van der Waals surface area contributed by atoms with Crippen molar-refractivity contribution in [2.45, 2.75) is 44.6 Å². The lowest BCUT2D eigenvalue weighted by Gasteiger charge is -2.35. The van der Waals surface area contributed by atoms with E-state index in [-0.39, 0.29) is 11.7 Å². The molecule has 25 heavy (non-hydrogen) atoms. The number of benzene rings is 1. The molecule has 1 N–H and O–H groups in total. The van der Waals surface area contributed by atoms with Crippen LogP contribution >= 0.6 is 0 Å². The third-order valence-corrected chi connectivity index (χ3v) is 5.10. The smallest absolute Gasteiger partial charge is 0.224 e. The van der Waals surface area contributed by atoms with E-state index in [0.29, 0.717) is 6.42 Å². The summed E-state index contributed by atoms with van der Waals surface area (Å²) in [5.41, 5.74) is 0.846. The monoisotopic (exact) mass is 349 g/mol. The fraction of sp³-hybridized carbons (Fsp3) is 0.650. The van der Waals surface area contributed by atoms with E-state index >= 15 is 0 Å². The number of nitrogens with zero attached hydrogens (tertiary/aromatic N) is 2. The van der Waals surface area contributed by atoms with Crippen molar-refractivity contribution >= 4 is 5.91 Å². The van der Waals surface area contributed by atoms with Crippen LogP contribution in [0.3, 0.4) is 0 Å². The Morgan fingerprint density at radius 3 is 2.56 bits per heavy atom. The third-order valence-electron chi connectivity index (χ3n) is 5.10. The number of likely N-dealkylation sites (tertiary alicyclic amines) is 1. The number of hydrogen-bond donors (Lipinski definition) is 1. The Morgan fingerprint density at radius 2 is 1.88 bits per heavy atom. The molecule has 5 heteroatoms. The van der Waals surface area contributed by atoms with Crippen molar-refractivity contribution in [3.63, 3.8) is 0 Å². The van der Waals surface area contributed by atoms with Crippen LogP contribution < -0.4 is 5.32 Å². The van der Waals surface area contributed by atoms with Crippen LogP contribution in [0.2, 0.25) is 0 Å². The van der Waals surface area contributed by atoms with Gasteiger partial charge in [0.2, 0.25) is 5.91 Å². The molecule has 1 heterocycles. The molecule has 0 aromatic heterocycles. The van der Waals surface area contributed by atoms with Crippen molar-refractivity contribution < 1.29 is 9.18 Å². The molecule has 1 fully saturated rings. The molecule has 0 saturated carbocycles. The van der Waals surface area contributed by atoms with Crippen LogP contribution in [0.4, 0.5) is 4.39 Å². The minimum atomic E-state index is -0.269. The van der Waals surface area contributed by atoms with Crippen molar-refractivity contribution in [1.82, 2.24) is 15.1 Å². The molecule has 1 aromatic carbocycles. The Kier molecular flexibility index (Phi) is 8.35. The van der Waals surface area contributed by atoms with E-state index in [2.05, 4.69) is 29.2 Å². The van der Waals surface area contributed by atoms with Gasteiger partial charge in [-0.1, -0.05) is 18.6 Å². The van der Waals surface area contributed by atoms with Gasteiger partial charge < -0.3 is 15.1 Å². The summed E-state index contributed by atoms with van der Waals surface area (Å²) in [7, 11) is 4.43. The molecule has 0 atom stereocenters. The Balaban J connectivity index is 1.50. The molecular formula is C20H32FN3O. The van der Waals surface area contributed by atoms with Crippen molar-refractivity contribution in [2.24, 2.45) is 0 Å². The maximum Gasteiger partial charge on any atom is 0.224 e. The van der Waals surface area contributed by atoms with Gasteiger partial charge in [-0.15, -0.1) is 0 Å². The Hall–Kier alpha value is -1.46. The zero-order valence-electron chi connectivity index (χ0n) is 15.6. The minimum absolute atomic E-state index is 0.00931. The summed E-state index contributed by atoms with van der Waals surface area (Å²) in [6, 6.07) is 6.83.